The van der Waals surface area contributed by atoms with Crippen LogP contribution in [0.25, 0.3) is 0 Å². The van der Waals surface area contributed by atoms with Crippen molar-refractivity contribution in [2.45, 2.75) is 13.0 Å². The second-order valence-corrected chi connectivity index (χ2v) is 4.19. The minimum Gasteiger partial charge on any atom is -0.487 e. The maximum atomic E-state index is 11.5. The Labute approximate surface area is 89.1 Å². The monoisotopic (exact) mass is 208 g/mol. The number of likely N-dealkylation sites (N-methyl/N-ethyl adjacent to an activating group) is 1. The highest BCUT2D eigenvalue weighted by Crippen LogP contribution is 2.16. The summed E-state index contributed by atoms with van der Waals surface area (Å²) in [6.45, 7) is 3.78. The van der Waals surface area contributed by atoms with Gasteiger partial charge in [-0.2, -0.15) is 0 Å². The Hall–Kier alpha value is -1.29. The van der Waals surface area contributed by atoms with Gasteiger partial charge in [0.25, 0.3) is 5.56 Å². The lowest BCUT2D eigenvalue weighted by Crippen LogP contribution is -2.51. The van der Waals surface area contributed by atoms with Crippen molar-refractivity contribution in [1.29, 1.82) is 0 Å². The first-order valence-corrected chi connectivity index (χ1v) is 5.09. The van der Waals surface area contributed by atoms with E-state index in [4.69, 9.17) is 4.74 Å². The predicted molar refractivity (Wildman–Crippen MR) is 58.3 cm³/mol. The summed E-state index contributed by atoms with van der Waals surface area (Å²) in [5.74, 6) is 0.689. The van der Waals surface area contributed by atoms with Crippen LogP contribution in [-0.4, -0.2) is 35.7 Å². The van der Waals surface area contributed by atoms with Crippen molar-refractivity contribution >= 4 is 0 Å². The molecule has 4 nitrogen and oxygen atoms in total. The molecule has 0 N–H and O–H groups in total. The molecule has 2 heterocycles. The van der Waals surface area contributed by atoms with Crippen LogP contribution in [0.4, 0.5) is 0 Å². The second kappa shape index (κ2) is 3.70. The van der Waals surface area contributed by atoms with E-state index < -0.39 is 0 Å². The summed E-state index contributed by atoms with van der Waals surface area (Å²) >= 11 is 0. The van der Waals surface area contributed by atoms with Crippen LogP contribution in [-0.2, 0) is 7.05 Å². The summed E-state index contributed by atoms with van der Waals surface area (Å²) in [5, 5.41) is 0. The Kier molecular flexibility index (Phi) is 2.52. The number of ether oxygens (including phenoxy) is 1. The molecule has 1 fully saturated rings. The van der Waals surface area contributed by atoms with Crippen molar-refractivity contribution in [3.8, 4) is 5.75 Å². The molecular formula is C11H16N2O2. The van der Waals surface area contributed by atoms with E-state index in [2.05, 4.69) is 11.9 Å². The third kappa shape index (κ3) is 2.04. The molecule has 1 aliphatic rings. The molecule has 0 amide bonds. The van der Waals surface area contributed by atoms with Gasteiger partial charge in [0.1, 0.15) is 11.9 Å². The zero-order valence-corrected chi connectivity index (χ0v) is 9.36. The lowest BCUT2D eigenvalue weighted by Gasteiger charge is -2.36. The molecule has 15 heavy (non-hydrogen) atoms. The van der Waals surface area contributed by atoms with Crippen molar-refractivity contribution in [3.63, 3.8) is 0 Å². The van der Waals surface area contributed by atoms with Crippen LogP contribution < -0.4 is 10.3 Å². The largest absolute Gasteiger partial charge is 0.487 e. The van der Waals surface area contributed by atoms with Crippen LogP contribution in [0, 0.1) is 6.92 Å². The zero-order valence-electron chi connectivity index (χ0n) is 9.36. The fraction of sp³-hybridized carbons (Fsp3) is 0.545. The van der Waals surface area contributed by atoms with E-state index in [1.807, 2.05) is 13.0 Å². The first-order chi connectivity index (χ1) is 7.06. The number of nitrogens with zero attached hydrogens (tertiary/aromatic N) is 2. The second-order valence-electron chi connectivity index (χ2n) is 4.19. The number of aromatic nitrogens is 1. The van der Waals surface area contributed by atoms with Crippen LogP contribution in [0.3, 0.4) is 0 Å². The normalized spacial score (nSPS) is 17.5. The average Bonchev–Trinajstić information content (AvgIpc) is 2.11. The van der Waals surface area contributed by atoms with E-state index >= 15 is 0 Å². The third-order valence-electron chi connectivity index (χ3n) is 2.81. The maximum absolute atomic E-state index is 11.5. The summed E-state index contributed by atoms with van der Waals surface area (Å²) in [7, 11) is 3.81. The van der Waals surface area contributed by atoms with Crippen molar-refractivity contribution < 1.29 is 4.74 Å². The van der Waals surface area contributed by atoms with Gasteiger partial charge in [0.05, 0.1) is 0 Å². The smallest absolute Gasteiger partial charge is 0.254 e. The van der Waals surface area contributed by atoms with E-state index in [0.29, 0.717) is 5.75 Å². The minimum absolute atomic E-state index is 0.0160. The van der Waals surface area contributed by atoms with Crippen LogP contribution in [0.5, 0.6) is 5.75 Å². The van der Waals surface area contributed by atoms with Crippen molar-refractivity contribution in [3.05, 3.63) is 28.2 Å². The van der Waals surface area contributed by atoms with Gasteiger partial charge >= 0.3 is 0 Å². The molecular weight excluding hydrogens is 192 g/mol. The minimum atomic E-state index is -0.0160. The molecule has 0 aromatic carbocycles. The topological polar surface area (TPSA) is 34.5 Å². The predicted octanol–water partition coefficient (Wildman–Crippen LogP) is 0.387. The average molecular weight is 208 g/mol. The third-order valence-corrected chi connectivity index (χ3v) is 2.81. The molecule has 1 aliphatic heterocycles. The van der Waals surface area contributed by atoms with Crippen LogP contribution >= 0.6 is 0 Å². The van der Waals surface area contributed by atoms with Crippen molar-refractivity contribution in [1.82, 2.24) is 9.47 Å². The number of pyridine rings is 1. The van der Waals surface area contributed by atoms with Crippen molar-refractivity contribution in [2.75, 3.05) is 20.1 Å². The number of rotatable bonds is 2. The molecule has 0 unspecified atom stereocenters. The Balaban J connectivity index is 2.12. The molecule has 0 atom stereocenters. The number of aryl methyl sites for hydroxylation is 1. The standard InChI is InChI=1S/C11H16N2O2/c1-8-4-9(5-11(14)13(8)3)15-10-6-12(2)7-10/h4-5,10H,6-7H2,1-3H3. The highest BCUT2D eigenvalue weighted by atomic mass is 16.5. The highest BCUT2D eigenvalue weighted by molar-refractivity contribution is 5.23. The lowest BCUT2D eigenvalue weighted by molar-refractivity contribution is 0.0386. The SMILES string of the molecule is Cc1cc(OC2CN(C)C2)cc(=O)n1C. The molecule has 0 saturated carbocycles. The molecule has 1 aromatic rings. The van der Waals surface area contributed by atoms with Crippen molar-refractivity contribution in [2.24, 2.45) is 7.05 Å². The fourth-order valence-corrected chi connectivity index (χ4v) is 1.71. The summed E-state index contributed by atoms with van der Waals surface area (Å²) < 4.78 is 7.29. The van der Waals surface area contributed by atoms with Gasteiger partial charge in [-0.3, -0.25) is 9.69 Å². The quantitative estimate of drug-likeness (QED) is 0.705. The zero-order chi connectivity index (χ0) is 11.0. The fourth-order valence-electron chi connectivity index (χ4n) is 1.71. The Morgan fingerprint density at radius 3 is 2.53 bits per heavy atom. The Morgan fingerprint density at radius 1 is 1.33 bits per heavy atom. The summed E-state index contributed by atoms with van der Waals surface area (Å²) in [4.78, 5) is 13.7. The molecule has 1 saturated heterocycles. The van der Waals surface area contributed by atoms with Crippen LogP contribution in [0.2, 0.25) is 0 Å². The van der Waals surface area contributed by atoms with Gasteiger partial charge in [-0.15, -0.1) is 0 Å². The van der Waals surface area contributed by atoms with E-state index in [1.165, 1.54) is 0 Å². The van der Waals surface area contributed by atoms with Gasteiger partial charge in [-0.1, -0.05) is 0 Å². The summed E-state index contributed by atoms with van der Waals surface area (Å²) in [6.07, 6.45) is 0.238. The summed E-state index contributed by atoms with van der Waals surface area (Å²) in [5.41, 5.74) is 0.905. The first-order valence-electron chi connectivity index (χ1n) is 5.09. The van der Waals surface area contributed by atoms with Gasteiger partial charge in [0, 0.05) is 31.9 Å². The van der Waals surface area contributed by atoms with E-state index in [0.717, 1.165) is 18.8 Å². The Morgan fingerprint density at radius 2 is 2.00 bits per heavy atom. The highest BCUT2D eigenvalue weighted by Gasteiger charge is 2.24. The van der Waals surface area contributed by atoms with Gasteiger partial charge in [0.15, 0.2) is 0 Å². The maximum Gasteiger partial charge on any atom is 0.254 e. The van der Waals surface area contributed by atoms with Gasteiger partial charge < -0.3 is 9.30 Å². The number of hydrogen-bond donors (Lipinski definition) is 0. The van der Waals surface area contributed by atoms with Crippen LogP contribution in [0.1, 0.15) is 5.69 Å². The summed E-state index contributed by atoms with van der Waals surface area (Å²) in [6, 6.07) is 3.45. The number of hydrogen-bond acceptors (Lipinski definition) is 3. The van der Waals surface area contributed by atoms with Gasteiger partial charge in [0.2, 0.25) is 0 Å². The molecule has 0 spiro atoms. The molecule has 4 heteroatoms. The van der Waals surface area contributed by atoms with E-state index in [-0.39, 0.29) is 11.7 Å². The molecule has 82 valence electrons. The van der Waals surface area contributed by atoms with E-state index in [1.54, 1.807) is 17.7 Å². The van der Waals surface area contributed by atoms with Gasteiger partial charge in [-0.25, -0.2) is 0 Å². The van der Waals surface area contributed by atoms with Gasteiger partial charge in [-0.05, 0) is 20.0 Å². The molecule has 0 bridgehead atoms. The molecule has 0 aliphatic carbocycles. The van der Waals surface area contributed by atoms with E-state index in [9.17, 15) is 4.79 Å². The molecule has 0 radical (unpaired) electrons. The first kappa shape index (κ1) is 10.2. The Bertz CT molecular complexity index is 419. The molecule has 2 rings (SSSR count). The number of likely N-dealkylation sites (tertiary alicyclic amines) is 1. The van der Waals surface area contributed by atoms with Crippen LogP contribution in [0.15, 0.2) is 16.9 Å². The lowest BCUT2D eigenvalue weighted by atomic mass is 10.2. The molecule has 1 aromatic heterocycles.